The highest BCUT2D eigenvalue weighted by Crippen LogP contribution is 2.30. The van der Waals surface area contributed by atoms with Crippen molar-refractivity contribution in [3.8, 4) is 0 Å². The van der Waals surface area contributed by atoms with E-state index in [2.05, 4.69) is 17.2 Å². The molecule has 4 nitrogen and oxygen atoms in total. The van der Waals surface area contributed by atoms with Gasteiger partial charge in [-0.25, -0.2) is 4.98 Å². The lowest BCUT2D eigenvalue weighted by Crippen LogP contribution is -2.26. The molecule has 0 unspecified atom stereocenters. The van der Waals surface area contributed by atoms with Crippen molar-refractivity contribution in [1.29, 1.82) is 0 Å². The van der Waals surface area contributed by atoms with Crippen LogP contribution < -0.4 is 5.32 Å². The Hall–Kier alpha value is -1.10. The molecule has 1 aliphatic rings. The number of carboxylic acid groups (broad SMARTS) is 1. The number of thiazole rings is 1. The molecule has 1 aromatic heterocycles. The van der Waals surface area contributed by atoms with Crippen LogP contribution in [0.4, 0.5) is 5.13 Å². The lowest BCUT2D eigenvalue weighted by Gasteiger charge is -2.28. The summed E-state index contributed by atoms with van der Waals surface area (Å²) in [6.07, 6.45) is 7.68. The molecule has 106 valence electrons. The summed E-state index contributed by atoms with van der Waals surface area (Å²) < 4.78 is 0. The van der Waals surface area contributed by atoms with E-state index in [0.717, 1.165) is 11.0 Å². The first-order chi connectivity index (χ1) is 9.17. The van der Waals surface area contributed by atoms with Gasteiger partial charge in [0, 0.05) is 11.4 Å². The molecule has 0 amide bonds. The molecule has 1 saturated carbocycles. The number of hydrogen-bond donors (Lipinski definition) is 2. The number of aromatic nitrogens is 1. The van der Waals surface area contributed by atoms with Gasteiger partial charge >= 0.3 is 5.97 Å². The molecule has 0 bridgehead atoms. The van der Waals surface area contributed by atoms with E-state index < -0.39 is 5.97 Å². The molecular formula is C14H22N2O2S. The highest BCUT2D eigenvalue weighted by molar-refractivity contribution is 7.13. The van der Waals surface area contributed by atoms with Crippen molar-refractivity contribution in [2.75, 3.05) is 5.32 Å². The zero-order valence-corrected chi connectivity index (χ0v) is 12.2. The van der Waals surface area contributed by atoms with Gasteiger partial charge in [0.25, 0.3) is 0 Å². The molecule has 0 spiro atoms. The second kappa shape index (κ2) is 6.89. The summed E-state index contributed by atoms with van der Waals surface area (Å²) in [4.78, 5) is 14.9. The predicted octanol–water partition coefficient (Wildman–Crippen LogP) is 3.54. The van der Waals surface area contributed by atoms with Gasteiger partial charge in [-0.15, -0.1) is 11.3 Å². The minimum Gasteiger partial charge on any atom is -0.481 e. The van der Waals surface area contributed by atoms with Crippen LogP contribution in [0.1, 0.15) is 51.1 Å². The first kappa shape index (κ1) is 14.3. The summed E-state index contributed by atoms with van der Waals surface area (Å²) in [5.74, 6) is 0.0823. The van der Waals surface area contributed by atoms with E-state index in [9.17, 15) is 4.79 Å². The third-order valence-corrected chi connectivity index (χ3v) is 4.58. The summed E-state index contributed by atoms with van der Waals surface area (Å²) in [6.45, 7) is 2.25. The number of anilines is 1. The lowest BCUT2D eigenvalue weighted by molar-refractivity contribution is -0.136. The number of rotatable bonds is 6. The van der Waals surface area contributed by atoms with Crippen LogP contribution in [0.3, 0.4) is 0 Å². The van der Waals surface area contributed by atoms with Gasteiger partial charge in [0.2, 0.25) is 0 Å². The fourth-order valence-corrected chi connectivity index (χ4v) is 3.58. The maximum absolute atomic E-state index is 10.6. The first-order valence-corrected chi connectivity index (χ1v) is 7.98. The fourth-order valence-electron chi connectivity index (χ4n) is 2.79. The van der Waals surface area contributed by atoms with Gasteiger partial charge < -0.3 is 10.4 Å². The third-order valence-electron chi connectivity index (χ3n) is 3.76. The summed E-state index contributed by atoms with van der Waals surface area (Å²) in [6, 6.07) is 0.511. The van der Waals surface area contributed by atoms with E-state index in [-0.39, 0.29) is 6.42 Å². The highest BCUT2D eigenvalue weighted by Gasteiger charge is 2.21. The minimum absolute atomic E-state index is 0.0153. The zero-order chi connectivity index (χ0) is 13.7. The van der Waals surface area contributed by atoms with Crippen molar-refractivity contribution in [2.24, 2.45) is 5.92 Å². The second-order valence-corrected chi connectivity index (χ2v) is 6.22. The predicted molar refractivity (Wildman–Crippen MR) is 77.7 cm³/mol. The summed E-state index contributed by atoms with van der Waals surface area (Å²) in [5.41, 5.74) is 0.652. The second-order valence-electron chi connectivity index (χ2n) is 5.37. The fraction of sp³-hybridized carbons (Fsp3) is 0.714. The molecule has 0 saturated heterocycles. The Labute approximate surface area is 118 Å². The lowest BCUT2D eigenvalue weighted by atomic mass is 9.83. The van der Waals surface area contributed by atoms with Gasteiger partial charge in [0.1, 0.15) is 0 Å². The number of nitrogens with zero attached hydrogens (tertiary/aromatic N) is 1. The number of nitrogens with one attached hydrogen (secondary N) is 1. The van der Waals surface area contributed by atoms with Crippen molar-refractivity contribution in [3.05, 3.63) is 11.1 Å². The molecule has 0 aromatic carbocycles. The molecule has 1 heterocycles. The normalized spacial score (nSPS) is 23.2. The first-order valence-electron chi connectivity index (χ1n) is 7.10. The van der Waals surface area contributed by atoms with E-state index in [1.54, 1.807) is 0 Å². The summed E-state index contributed by atoms with van der Waals surface area (Å²) in [5, 5.41) is 14.9. The Morgan fingerprint density at radius 1 is 1.47 bits per heavy atom. The van der Waals surface area contributed by atoms with Crippen molar-refractivity contribution in [3.63, 3.8) is 0 Å². The molecule has 0 atom stereocenters. The molecule has 0 radical (unpaired) electrons. The van der Waals surface area contributed by atoms with Gasteiger partial charge in [-0.2, -0.15) is 0 Å². The largest absolute Gasteiger partial charge is 0.481 e. The number of aliphatic carboxylic acids is 1. The minimum atomic E-state index is -0.822. The Morgan fingerprint density at radius 2 is 2.21 bits per heavy atom. The van der Waals surface area contributed by atoms with Crippen LogP contribution in [0.25, 0.3) is 0 Å². The average molecular weight is 282 g/mol. The number of hydrogen-bond acceptors (Lipinski definition) is 4. The van der Waals surface area contributed by atoms with E-state index in [1.165, 1.54) is 49.9 Å². The van der Waals surface area contributed by atoms with Crippen molar-refractivity contribution < 1.29 is 9.90 Å². The Balaban J connectivity index is 1.79. The molecule has 2 rings (SSSR count). The third kappa shape index (κ3) is 4.49. The molecule has 2 N–H and O–H groups in total. The van der Waals surface area contributed by atoms with Crippen LogP contribution >= 0.6 is 11.3 Å². The van der Waals surface area contributed by atoms with Gasteiger partial charge in [-0.3, -0.25) is 4.79 Å². The van der Waals surface area contributed by atoms with Crippen LogP contribution in [0, 0.1) is 5.92 Å². The van der Waals surface area contributed by atoms with Crippen molar-refractivity contribution in [2.45, 2.75) is 57.9 Å². The Kier molecular flexibility index (Phi) is 5.19. The van der Waals surface area contributed by atoms with E-state index in [4.69, 9.17) is 5.11 Å². The molecule has 0 aliphatic heterocycles. The summed E-state index contributed by atoms with van der Waals surface area (Å²) >= 11 is 1.51. The quantitative estimate of drug-likeness (QED) is 0.837. The van der Waals surface area contributed by atoms with Gasteiger partial charge in [-0.05, 0) is 31.6 Å². The molecular weight excluding hydrogens is 260 g/mol. The van der Waals surface area contributed by atoms with Crippen LogP contribution in [0.15, 0.2) is 5.38 Å². The monoisotopic (exact) mass is 282 g/mol. The highest BCUT2D eigenvalue weighted by atomic mass is 32.1. The Bertz CT molecular complexity index is 411. The number of carbonyl (C=O) groups is 1. The van der Waals surface area contributed by atoms with Gasteiger partial charge in [0.05, 0.1) is 12.1 Å². The van der Waals surface area contributed by atoms with Crippen LogP contribution in [-0.4, -0.2) is 22.1 Å². The zero-order valence-electron chi connectivity index (χ0n) is 11.4. The maximum atomic E-state index is 10.6. The van der Waals surface area contributed by atoms with Crippen LogP contribution in [0.2, 0.25) is 0 Å². The molecule has 1 aromatic rings. The van der Waals surface area contributed by atoms with Crippen molar-refractivity contribution in [1.82, 2.24) is 4.98 Å². The maximum Gasteiger partial charge on any atom is 0.309 e. The van der Waals surface area contributed by atoms with Gasteiger partial charge in [0.15, 0.2) is 5.13 Å². The molecule has 5 heteroatoms. The molecule has 1 aliphatic carbocycles. The van der Waals surface area contributed by atoms with Crippen LogP contribution in [0.5, 0.6) is 0 Å². The standard InChI is InChI=1S/C14H22N2O2S/c1-2-3-10-4-6-11(7-5-10)15-14-16-12(9-19-14)8-13(17)18/h9-11H,2-8H2,1H3,(H,15,16)(H,17,18). The molecule has 19 heavy (non-hydrogen) atoms. The van der Waals surface area contributed by atoms with E-state index in [1.807, 2.05) is 5.38 Å². The smallest absolute Gasteiger partial charge is 0.309 e. The topological polar surface area (TPSA) is 62.2 Å². The van der Waals surface area contributed by atoms with E-state index in [0.29, 0.717) is 11.7 Å². The van der Waals surface area contributed by atoms with E-state index >= 15 is 0 Å². The van der Waals surface area contributed by atoms with Crippen LogP contribution in [-0.2, 0) is 11.2 Å². The molecule has 1 fully saturated rings. The summed E-state index contributed by atoms with van der Waals surface area (Å²) in [7, 11) is 0. The van der Waals surface area contributed by atoms with Gasteiger partial charge in [-0.1, -0.05) is 19.8 Å². The number of carboxylic acids is 1. The SMILES string of the molecule is CCCC1CCC(Nc2nc(CC(=O)O)cs2)CC1. The average Bonchev–Trinajstić information content (AvgIpc) is 2.78. The van der Waals surface area contributed by atoms with Crippen molar-refractivity contribution >= 4 is 22.4 Å². The Morgan fingerprint density at radius 3 is 2.84 bits per heavy atom.